The maximum Gasteiger partial charge on any atom is 0.419 e. The molecule has 1 aliphatic rings. The van der Waals surface area contributed by atoms with Crippen LogP contribution in [0.25, 0.3) is 11.1 Å². The van der Waals surface area contributed by atoms with Crippen molar-refractivity contribution in [2.24, 2.45) is 0 Å². The van der Waals surface area contributed by atoms with Crippen LogP contribution in [0.2, 0.25) is 0 Å². The lowest BCUT2D eigenvalue weighted by molar-refractivity contribution is -0.116. The van der Waals surface area contributed by atoms with Crippen LogP contribution < -0.4 is 16.0 Å². The molecule has 0 atom stereocenters. The Morgan fingerprint density at radius 1 is 1.00 bits per heavy atom. The summed E-state index contributed by atoms with van der Waals surface area (Å²) in [5.74, 6) is -0.547. The number of rotatable bonds is 5. The lowest BCUT2D eigenvalue weighted by atomic mass is 10.1. The van der Waals surface area contributed by atoms with Gasteiger partial charge in [0.05, 0.1) is 16.9 Å². The van der Waals surface area contributed by atoms with Crippen LogP contribution in [-0.2, 0) is 11.3 Å². The first-order valence-corrected chi connectivity index (χ1v) is 9.44. The molecule has 1 amide bonds. The zero-order valence-electron chi connectivity index (χ0n) is 15.2. The number of oxazole rings is 1. The van der Waals surface area contributed by atoms with Gasteiger partial charge in [-0.25, -0.2) is 4.79 Å². The molecule has 0 aliphatic carbocycles. The van der Waals surface area contributed by atoms with E-state index in [4.69, 9.17) is 4.42 Å². The van der Waals surface area contributed by atoms with E-state index >= 15 is 0 Å². The number of benzene rings is 2. The van der Waals surface area contributed by atoms with Crippen LogP contribution in [0, 0.1) is 0 Å². The van der Waals surface area contributed by atoms with Crippen LogP contribution >= 0.6 is 0 Å². The topological polar surface area (TPSA) is 67.5 Å². The van der Waals surface area contributed by atoms with Crippen molar-refractivity contribution < 1.29 is 9.21 Å². The molecule has 1 N–H and O–H groups in total. The average Bonchev–Trinajstić information content (AvgIpc) is 3.02. The van der Waals surface area contributed by atoms with Crippen molar-refractivity contribution in [3.8, 4) is 0 Å². The Labute approximate surface area is 157 Å². The van der Waals surface area contributed by atoms with Crippen LogP contribution in [-0.4, -0.2) is 23.6 Å². The molecular weight excluding hydrogens is 342 g/mol. The van der Waals surface area contributed by atoms with E-state index in [0.29, 0.717) is 11.1 Å². The summed E-state index contributed by atoms with van der Waals surface area (Å²) >= 11 is 0. The molecule has 0 saturated carbocycles. The van der Waals surface area contributed by atoms with Gasteiger partial charge < -0.3 is 14.6 Å². The molecule has 0 spiro atoms. The normalized spacial score (nSPS) is 14.4. The molecule has 1 aromatic heterocycles. The molecule has 2 heterocycles. The first kappa shape index (κ1) is 17.4. The Kier molecular flexibility index (Phi) is 4.96. The number of para-hydroxylation sites is 4. The Hall–Kier alpha value is -3.02. The molecule has 1 fully saturated rings. The zero-order chi connectivity index (χ0) is 18.6. The van der Waals surface area contributed by atoms with Crippen molar-refractivity contribution in [2.75, 3.05) is 23.3 Å². The smallest absolute Gasteiger partial charge is 0.408 e. The van der Waals surface area contributed by atoms with Crippen molar-refractivity contribution in [3.05, 3.63) is 59.1 Å². The predicted molar refractivity (Wildman–Crippen MR) is 106 cm³/mol. The number of fused-ring (bicyclic) bond motifs is 1. The van der Waals surface area contributed by atoms with Crippen LogP contribution in [0.3, 0.4) is 0 Å². The molecule has 27 heavy (non-hydrogen) atoms. The second-order valence-electron chi connectivity index (χ2n) is 6.85. The third kappa shape index (κ3) is 3.74. The van der Waals surface area contributed by atoms with Gasteiger partial charge in [0.1, 0.15) is 0 Å². The standard InChI is InChI=1S/C21H23N3O3/c25-20(12-15-24-18-10-4-5-11-19(18)27-21(24)26)22-16-8-2-3-9-17(16)23-13-6-1-7-14-23/h2-5,8-11H,1,6-7,12-15H2,(H,22,25). The molecule has 6 heteroatoms. The number of carbonyl (C=O) groups excluding carboxylic acids is 1. The van der Waals surface area contributed by atoms with Gasteiger partial charge in [-0.2, -0.15) is 0 Å². The molecule has 0 unspecified atom stereocenters. The molecular formula is C21H23N3O3. The van der Waals surface area contributed by atoms with E-state index in [2.05, 4.69) is 16.3 Å². The summed E-state index contributed by atoms with van der Waals surface area (Å²) < 4.78 is 6.72. The van der Waals surface area contributed by atoms with Crippen LogP contribution in [0.15, 0.2) is 57.7 Å². The number of hydrogen-bond acceptors (Lipinski definition) is 4. The number of anilines is 2. The van der Waals surface area contributed by atoms with Gasteiger partial charge >= 0.3 is 5.76 Å². The molecule has 0 bridgehead atoms. The number of nitrogens with zero attached hydrogens (tertiary/aromatic N) is 2. The highest BCUT2D eigenvalue weighted by atomic mass is 16.4. The minimum Gasteiger partial charge on any atom is -0.408 e. The SMILES string of the molecule is O=C(CCn1c(=O)oc2ccccc21)Nc1ccccc1N1CCCCC1. The second-order valence-corrected chi connectivity index (χ2v) is 6.85. The summed E-state index contributed by atoms with van der Waals surface area (Å²) in [7, 11) is 0. The van der Waals surface area contributed by atoms with E-state index in [1.54, 1.807) is 6.07 Å². The fraction of sp³-hybridized carbons (Fsp3) is 0.333. The summed E-state index contributed by atoms with van der Waals surface area (Å²) in [6, 6.07) is 15.2. The average molecular weight is 365 g/mol. The van der Waals surface area contributed by atoms with Gasteiger partial charge in [-0.1, -0.05) is 24.3 Å². The fourth-order valence-corrected chi connectivity index (χ4v) is 3.64. The van der Waals surface area contributed by atoms with Gasteiger partial charge in [0.2, 0.25) is 5.91 Å². The van der Waals surface area contributed by atoms with E-state index in [0.717, 1.165) is 24.5 Å². The van der Waals surface area contributed by atoms with Crippen molar-refractivity contribution in [1.82, 2.24) is 4.57 Å². The lowest BCUT2D eigenvalue weighted by Gasteiger charge is -2.30. The molecule has 0 radical (unpaired) electrons. The first-order chi connectivity index (χ1) is 13.2. The van der Waals surface area contributed by atoms with E-state index in [1.807, 2.05) is 36.4 Å². The van der Waals surface area contributed by atoms with Gasteiger partial charge in [0, 0.05) is 26.1 Å². The van der Waals surface area contributed by atoms with E-state index < -0.39 is 5.76 Å². The molecule has 2 aromatic carbocycles. The molecule has 6 nitrogen and oxygen atoms in total. The van der Waals surface area contributed by atoms with Crippen molar-refractivity contribution in [1.29, 1.82) is 0 Å². The van der Waals surface area contributed by atoms with Gasteiger partial charge in [0.25, 0.3) is 0 Å². The third-order valence-corrected chi connectivity index (χ3v) is 5.01. The Balaban J connectivity index is 1.45. The highest BCUT2D eigenvalue weighted by Gasteiger charge is 2.16. The summed E-state index contributed by atoms with van der Waals surface area (Å²) in [5.41, 5.74) is 3.15. The molecule has 1 saturated heterocycles. The number of hydrogen-bond donors (Lipinski definition) is 1. The van der Waals surface area contributed by atoms with Crippen molar-refractivity contribution in [2.45, 2.75) is 32.2 Å². The maximum absolute atomic E-state index is 12.5. The van der Waals surface area contributed by atoms with E-state index in [-0.39, 0.29) is 18.9 Å². The van der Waals surface area contributed by atoms with E-state index in [1.165, 1.54) is 23.8 Å². The maximum atomic E-state index is 12.5. The number of nitrogens with one attached hydrogen (secondary N) is 1. The van der Waals surface area contributed by atoms with Crippen LogP contribution in [0.1, 0.15) is 25.7 Å². The van der Waals surface area contributed by atoms with Crippen molar-refractivity contribution in [3.63, 3.8) is 0 Å². The Morgan fingerprint density at radius 3 is 2.59 bits per heavy atom. The molecule has 1 aliphatic heterocycles. The summed E-state index contributed by atoms with van der Waals surface area (Å²) in [6.45, 7) is 2.32. The predicted octanol–water partition coefficient (Wildman–Crippen LogP) is 3.61. The van der Waals surface area contributed by atoms with Crippen LogP contribution in [0.4, 0.5) is 11.4 Å². The van der Waals surface area contributed by atoms with Gasteiger partial charge in [-0.15, -0.1) is 0 Å². The number of aromatic nitrogens is 1. The van der Waals surface area contributed by atoms with Gasteiger partial charge in [-0.05, 0) is 43.5 Å². The minimum atomic E-state index is -0.433. The lowest BCUT2D eigenvalue weighted by Crippen LogP contribution is -2.30. The second kappa shape index (κ2) is 7.70. The minimum absolute atomic E-state index is 0.114. The van der Waals surface area contributed by atoms with Gasteiger partial charge in [0.15, 0.2) is 5.58 Å². The highest BCUT2D eigenvalue weighted by molar-refractivity contribution is 5.94. The Morgan fingerprint density at radius 2 is 1.74 bits per heavy atom. The summed E-state index contributed by atoms with van der Waals surface area (Å²) in [6.07, 6.45) is 3.83. The van der Waals surface area contributed by atoms with E-state index in [9.17, 15) is 9.59 Å². The Bertz CT molecular complexity index is 999. The van der Waals surface area contributed by atoms with Crippen molar-refractivity contribution >= 4 is 28.4 Å². The number of piperidine rings is 1. The number of aryl methyl sites for hydroxylation is 1. The van der Waals surface area contributed by atoms with Crippen LogP contribution in [0.5, 0.6) is 0 Å². The number of carbonyl (C=O) groups is 1. The molecule has 4 rings (SSSR count). The quantitative estimate of drug-likeness (QED) is 0.750. The number of amides is 1. The molecule has 3 aromatic rings. The summed E-state index contributed by atoms with van der Waals surface area (Å²) in [4.78, 5) is 26.9. The largest absolute Gasteiger partial charge is 0.419 e. The zero-order valence-corrected chi connectivity index (χ0v) is 15.2. The highest BCUT2D eigenvalue weighted by Crippen LogP contribution is 2.28. The molecule has 140 valence electrons. The first-order valence-electron chi connectivity index (χ1n) is 9.44. The fourth-order valence-electron chi connectivity index (χ4n) is 3.64. The monoisotopic (exact) mass is 365 g/mol. The third-order valence-electron chi connectivity index (χ3n) is 5.01. The summed E-state index contributed by atoms with van der Waals surface area (Å²) in [5, 5.41) is 3.01. The van der Waals surface area contributed by atoms with Gasteiger partial charge in [-0.3, -0.25) is 9.36 Å².